The fraction of sp³-hybridized carbons (Fsp3) is 0.250. The third kappa shape index (κ3) is 4.28. The molecule has 2 unspecified atom stereocenters. The van der Waals surface area contributed by atoms with Crippen molar-refractivity contribution in [1.29, 1.82) is 0 Å². The molecule has 0 spiro atoms. The van der Waals surface area contributed by atoms with E-state index < -0.39 is 0 Å². The summed E-state index contributed by atoms with van der Waals surface area (Å²) in [4.78, 5) is 11.0. The first kappa shape index (κ1) is 23.8. The zero-order valence-electron chi connectivity index (χ0n) is 20.8. The smallest absolute Gasteiger partial charge is 0.174 e. The lowest BCUT2D eigenvalue weighted by atomic mass is 9.96. The number of rotatable bonds is 7. The summed E-state index contributed by atoms with van der Waals surface area (Å²) < 4.78 is 13.5. The number of thiocarbonyl (C=S) groups is 1. The van der Waals surface area contributed by atoms with Gasteiger partial charge in [-0.15, -0.1) is 0 Å². The molecule has 0 aliphatic carbocycles. The highest BCUT2D eigenvalue weighted by molar-refractivity contribution is 7.80. The van der Waals surface area contributed by atoms with Gasteiger partial charge in [-0.2, -0.15) is 0 Å². The number of aromatic nitrogens is 3. The van der Waals surface area contributed by atoms with Crippen molar-refractivity contribution < 1.29 is 9.47 Å². The number of anilines is 1. The standard InChI is InChI=1S/C28H29N5O2S/c1-18-15-22(19(2)32(18)17-20-10-13-29-14-11-20)27-26(23-7-5-6-12-30-23)31-28(36)33(27)24-9-8-21(34-3)16-25(24)35-4/h5-16,26-27H,17H2,1-4H3,(H,31,36). The van der Waals surface area contributed by atoms with Crippen LogP contribution in [0.2, 0.25) is 0 Å². The van der Waals surface area contributed by atoms with Crippen molar-refractivity contribution in [3.63, 3.8) is 0 Å². The molecule has 184 valence electrons. The molecule has 3 aromatic heterocycles. The monoisotopic (exact) mass is 499 g/mol. The minimum atomic E-state index is -0.139. The third-order valence-electron chi connectivity index (χ3n) is 6.77. The first-order valence-electron chi connectivity index (χ1n) is 11.8. The van der Waals surface area contributed by atoms with Crippen LogP contribution in [0, 0.1) is 13.8 Å². The van der Waals surface area contributed by atoms with Crippen LogP contribution in [0.25, 0.3) is 0 Å². The van der Waals surface area contributed by atoms with Gasteiger partial charge in [0, 0.05) is 42.6 Å². The molecule has 0 saturated carbocycles. The van der Waals surface area contributed by atoms with E-state index in [9.17, 15) is 0 Å². The quantitative estimate of drug-likeness (QED) is 0.353. The highest BCUT2D eigenvalue weighted by Crippen LogP contribution is 2.46. The Morgan fingerprint density at radius 3 is 2.47 bits per heavy atom. The van der Waals surface area contributed by atoms with E-state index in [0.29, 0.717) is 10.9 Å². The number of nitrogens with zero attached hydrogens (tertiary/aromatic N) is 4. The fourth-order valence-electron chi connectivity index (χ4n) is 4.96. The number of aryl methyl sites for hydroxylation is 1. The van der Waals surface area contributed by atoms with E-state index in [1.807, 2.05) is 55.0 Å². The number of ether oxygens (including phenoxy) is 2. The number of pyridine rings is 2. The molecule has 7 nitrogen and oxygen atoms in total. The van der Waals surface area contributed by atoms with E-state index in [-0.39, 0.29) is 12.1 Å². The molecule has 4 heterocycles. The minimum absolute atomic E-state index is 0.132. The van der Waals surface area contributed by atoms with E-state index in [1.54, 1.807) is 14.2 Å². The summed E-state index contributed by atoms with van der Waals surface area (Å²) in [5.41, 5.74) is 6.55. The van der Waals surface area contributed by atoms with Crippen molar-refractivity contribution in [3.05, 3.63) is 101 Å². The van der Waals surface area contributed by atoms with Gasteiger partial charge in [0.2, 0.25) is 0 Å². The molecule has 1 N–H and O–H groups in total. The first-order chi connectivity index (χ1) is 17.5. The van der Waals surface area contributed by atoms with Gasteiger partial charge in [-0.1, -0.05) is 6.07 Å². The number of benzene rings is 1. The van der Waals surface area contributed by atoms with E-state index in [4.69, 9.17) is 21.7 Å². The lowest BCUT2D eigenvalue weighted by Crippen LogP contribution is -2.30. The lowest BCUT2D eigenvalue weighted by Gasteiger charge is -2.29. The summed E-state index contributed by atoms with van der Waals surface area (Å²) in [6, 6.07) is 17.9. The summed E-state index contributed by atoms with van der Waals surface area (Å²) in [6.07, 6.45) is 5.48. The molecule has 1 aliphatic heterocycles. The molecule has 36 heavy (non-hydrogen) atoms. The van der Waals surface area contributed by atoms with Crippen molar-refractivity contribution in [2.24, 2.45) is 0 Å². The van der Waals surface area contributed by atoms with E-state index in [2.05, 4.69) is 56.8 Å². The van der Waals surface area contributed by atoms with Gasteiger partial charge in [0.05, 0.1) is 37.7 Å². The molecular formula is C28H29N5O2S. The second-order valence-electron chi connectivity index (χ2n) is 8.80. The number of hydrogen-bond donors (Lipinski definition) is 1. The summed E-state index contributed by atoms with van der Waals surface area (Å²) in [5.74, 6) is 1.41. The molecule has 0 amide bonds. The van der Waals surface area contributed by atoms with Gasteiger partial charge in [-0.05, 0) is 79.7 Å². The summed E-state index contributed by atoms with van der Waals surface area (Å²) in [6.45, 7) is 5.08. The van der Waals surface area contributed by atoms with Crippen molar-refractivity contribution in [2.45, 2.75) is 32.5 Å². The Kier molecular flexibility index (Phi) is 6.61. The van der Waals surface area contributed by atoms with Crippen LogP contribution >= 0.6 is 12.2 Å². The van der Waals surface area contributed by atoms with E-state index in [1.165, 1.54) is 22.5 Å². The van der Waals surface area contributed by atoms with Gasteiger partial charge in [0.25, 0.3) is 0 Å². The maximum Gasteiger partial charge on any atom is 0.174 e. The molecule has 0 bridgehead atoms. The van der Waals surface area contributed by atoms with E-state index in [0.717, 1.165) is 23.7 Å². The van der Waals surface area contributed by atoms with Crippen LogP contribution in [0.4, 0.5) is 5.69 Å². The van der Waals surface area contributed by atoms with Gasteiger partial charge >= 0.3 is 0 Å². The highest BCUT2D eigenvalue weighted by Gasteiger charge is 2.43. The van der Waals surface area contributed by atoms with Crippen molar-refractivity contribution in [3.8, 4) is 11.5 Å². The second-order valence-corrected chi connectivity index (χ2v) is 9.19. The number of nitrogens with one attached hydrogen (secondary N) is 1. The van der Waals surface area contributed by atoms with Crippen molar-refractivity contribution in [2.75, 3.05) is 19.1 Å². The predicted molar refractivity (Wildman–Crippen MR) is 145 cm³/mol. The SMILES string of the molecule is COc1ccc(N2C(=S)NC(c3ccccn3)C2c2cc(C)n(Cc3ccncc3)c2C)c(OC)c1. The fourth-order valence-corrected chi connectivity index (χ4v) is 5.29. The molecular weight excluding hydrogens is 470 g/mol. The molecule has 1 aromatic carbocycles. The maximum absolute atomic E-state index is 5.92. The Balaban J connectivity index is 1.65. The predicted octanol–water partition coefficient (Wildman–Crippen LogP) is 5.14. The van der Waals surface area contributed by atoms with Gasteiger partial charge in [0.15, 0.2) is 5.11 Å². The summed E-state index contributed by atoms with van der Waals surface area (Å²) in [7, 11) is 3.31. The Hall–Kier alpha value is -3.91. The van der Waals surface area contributed by atoms with Gasteiger partial charge < -0.3 is 24.3 Å². The average Bonchev–Trinajstić information content (AvgIpc) is 3.40. The Morgan fingerprint density at radius 2 is 1.78 bits per heavy atom. The molecule has 1 saturated heterocycles. The first-order valence-corrected chi connectivity index (χ1v) is 12.2. The van der Waals surface area contributed by atoms with Crippen LogP contribution in [0.15, 0.2) is 73.2 Å². The van der Waals surface area contributed by atoms with Crippen LogP contribution in [0.5, 0.6) is 11.5 Å². The third-order valence-corrected chi connectivity index (χ3v) is 7.08. The van der Waals surface area contributed by atoms with Crippen LogP contribution in [-0.2, 0) is 6.54 Å². The minimum Gasteiger partial charge on any atom is -0.497 e. The molecule has 2 atom stereocenters. The number of hydrogen-bond acceptors (Lipinski definition) is 5. The molecule has 1 aliphatic rings. The van der Waals surface area contributed by atoms with Gasteiger partial charge in [0.1, 0.15) is 11.5 Å². The number of methoxy groups -OCH3 is 2. The Bertz CT molecular complexity index is 1370. The van der Waals surface area contributed by atoms with Gasteiger partial charge in [-0.25, -0.2) is 0 Å². The Labute approximate surface area is 216 Å². The van der Waals surface area contributed by atoms with Gasteiger partial charge in [-0.3, -0.25) is 9.97 Å². The highest BCUT2D eigenvalue weighted by atomic mass is 32.1. The summed E-state index contributed by atoms with van der Waals surface area (Å²) >= 11 is 5.92. The maximum atomic E-state index is 5.92. The molecule has 5 rings (SSSR count). The van der Waals surface area contributed by atoms with Crippen LogP contribution in [0.1, 0.15) is 40.3 Å². The van der Waals surface area contributed by atoms with Crippen molar-refractivity contribution >= 4 is 23.0 Å². The molecule has 1 fully saturated rings. The lowest BCUT2D eigenvalue weighted by molar-refractivity contribution is 0.394. The van der Waals surface area contributed by atoms with Crippen molar-refractivity contribution in [1.82, 2.24) is 19.9 Å². The largest absolute Gasteiger partial charge is 0.497 e. The van der Waals surface area contributed by atoms with E-state index >= 15 is 0 Å². The van der Waals surface area contributed by atoms with Crippen LogP contribution < -0.4 is 19.7 Å². The zero-order valence-corrected chi connectivity index (χ0v) is 21.6. The second kappa shape index (κ2) is 9.99. The molecule has 8 heteroatoms. The molecule has 0 radical (unpaired) electrons. The van der Waals surface area contributed by atoms with Crippen LogP contribution in [-0.4, -0.2) is 33.9 Å². The average molecular weight is 500 g/mol. The topological polar surface area (TPSA) is 64.4 Å². The normalized spacial score (nSPS) is 17.2. The van der Waals surface area contributed by atoms with Crippen LogP contribution in [0.3, 0.4) is 0 Å². The summed E-state index contributed by atoms with van der Waals surface area (Å²) in [5, 5.41) is 4.17. The molecule has 4 aromatic rings. The zero-order chi connectivity index (χ0) is 25.2. The Morgan fingerprint density at radius 1 is 0.972 bits per heavy atom.